The van der Waals surface area contributed by atoms with Crippen LogP contribution in [0.2, 0.25) is 18.1 Å². The van der Waals surface area contributed by atoms with Crippen molar-refractivity contribution in [1.82, 2.24) is 4.98 Å². The van der Waals surface area contributed by atoms with Crippen LogP contribution in [0, 0.1) is 11.2 Å². The van der Waals surface area contributed by atoms with Crippen LogP contribution in [0.25, 0.3) is 11.1 Å². The summed E-state index contributed by atoms with van der Waals surface area (Å²) in [4.78, 5) is 5.28. The van der Waals surface area contributed by atoms with Gasteiger partial charge in [-0.25, -0.2) is 8.78 Å². The Morgan fingerprint density at radius 2 is 1.52 bits per heavy atom. The second kappa shape index (κ2) is 11.7. The van der Waals surface area contributed by atoms with Crippen molar-refractivity contribution in [2.75, 3.05) is 0 Å². The SMILES string of the molecule is CC1(C)Cc2nc(C3CCCC3)c(C(F)c3ccc(C(F)(F)F)cc3)c(-c3ccc(F)cc3)c2C(O[Si](C)(C)C(C)(C)C)C1. The van der Waals surface area contributed by atoms with Gasteiger partial charge in [0.1, 0.15) is 5.82 Å². The Morgan fingerprint density at radius 1 is 0.932 bits per heavy atom. The highest BCUT2D eigenvalue weighted by atomic mass is 28.4. The Morgan fingerprint density at radius 3 is 2.07 bits per heavy atom. The molecule has 0 radical (unpaired) electrons. The van der Waals surface area contributed by atoms with E-state index in [-0.39, 0.29) is 28.0 Å². The number of benzene rings is 2. The number of fused-ring (bicyclic) bond motifs is 1. The molecule has 5 rings (SSSR count). The average Bonchev–Trinajstić information content (AvgIpc) is 3.45. The number of pyridine rings is 1. The van der Waals surface area contributed by atoms with Gasteiger partial charge in [0, 0.05) is 22.7 Å². The maximum absolute atomic E-state index is 17.2. The lowest BCUT2D eigenvalue weighted by molar-refractivity contribution is -0.137. The maximum atomic E-state index is 17.2. The molecule has 2 nitrogen and oxygen atoms in total. The highest BCUT2D eigenvalue weighted by molar-refractivity contribution is 6.74. The second-order valence-electron chi connectivity index (χ2n) is 15.0. The molecule has 0 saturated heterocycles. The van der Waals surface area contributed by atoms with E-state index in [1.165, 1.54) is 24.3 Å². The number of aromatic nitrogens is 1. The molecule has 2 unspecified atom stereocenters. The molecular weight excluding hydrogens is 585 g/mol. The van der Waals surface area contributed by atoms with Gasteiger partial charge in [-0.15, -0.1) is 0 Å². The van der Waals surface area contributed by atoms with Crippen LogP contribution in [-0.4, -0.2) is 13.3 Å². The van der Waals surface area contributed by atoms with Gasteiger partial charge in [0.05, 0.1) is 17.4 Å². The molecule has 1 fully saturated rings. The highest BCUT2D eigenvalue weighted by Crippen LogP contribution is 2.53. The van der Waals surface area contributed by atoms with Gasteiger partial charge in [-0.3, -0.25) is 4.98 Å². The zero-order valence-corrected chi connectivity index (χ0v) is 27.8. The summed E-state index contributed by atoms with van der Waals surface area (Å²) in [5, 5.41) is -0.0757. The summed E-state index contributed by atoms with van der Waals surface area (Å²) < 4.78 is 78.8. The van der Waals surface area contributed by atoms with Crippen LogP contribution in [0.3, 0.4) is 0 Å². The van der Waals surface area contributed by atoms with E-state index in [0.717, 1.165) is 49.1 Å². The quantitative estimate of drug-likeness (QED) is 0.200. The highest BCUT2D eigenvalue weighted by Gasteiger charge is 2.45. The Hall–Kier alpha value is -2.58. The van der Waals surface area contributed by atoms with Crippen LogP contribution in [0.5, 0.6) is 0 Å². The van der Waals surface area contributed by atoms with E-state index >= 15 is 4.39 Å². The van der Waals surface area contributed by atoms with Crippen molar-refractivity contribution in [1.29, 1.82) is 0 Å². The first kappa shape index (κ1) is 32.8. The van der Waals surface area contributed by atoms with E-state index in [1.807, 2.05) is 0 Å². The minimum atomic E-state index is -4.52. The lowest BCUT2D eigenvalue weighted by Gasteiger charge is -2.45. The minimum Gasteiger partial charge on any atom is -0.410 e. The van der Waals surface area contributed by atoms with Crippen LogP contribution in [0.4, 0.5) is 22.0 Å². The van der Waals surface area contributed by atoms with Gasteiger partial charge in [0.15, 0.2) is 14.5 Å². The predicted molar refractivity (Wildman–Crippen MR) is 168 cm³/mol. The smallest absolute Gasteiger partial charge is 0.410 e. The number of alkyl halides is 4. The molecule has 1 heterocycles. The fourth-order valence-corrected chi connectivity index (χ4v) is 7.90. The van der Waals surface area contributed by atoms with E-state index in [1.54, 1.807) is 12.1 Å². The molecule has 0 amide bonds. The van der Waals surface area contributed by atoms with Crippen LogP contribution >= 0.6 is 0 Å². The zero-order chi connectivity index (χ0) is 32.2. The van der Waals surface area contributed by atoms with E-state index in [9.17, 15) is 17.6 Å². The van der Waals surface area contributed by atoms with Gasteiger partial charge in [-0.05, 0) is 90.2 Å². The molecule has 2 aliphatic rings. The van der Waals surface area contributed by atoms with Gasteiger partial charge in [0.25, 0.3) is 0 Å². The van der Waals surface area contributed by atoms with E-state index in [2.05, 4.69) is 47.7 Å². The minimum absolute atomic E-state index is 0.0343. The molecule has 2 atom stereocenters. The Kier molecular flexibility index (Phi) is 8.68. The van der Waals surface area contributed by atoms with Crippen LogP contribution < -0.4 is 0 Å². The first-order chi connectivity index (χ1) is 20.4. The summed E-state index contributed by atoms with van der Waals surface area (Å²) in [6, 6.07) is 10.4. The molecule has 0 aliphatic heterocycles. The summed E-state index contributed by atoms with van der Waals surface area (Å²) in [6.45, 7) is 15.4. The average molecular weight is 630 g/mol. The first-order valence-electron chi connectivity index (χ1n) is 15.7. The number of hydrogen-bond donors (Lipinski definition) is 0. The molecule has 44 heavy (non-hydrogen) atoms. The van der Waals surface area contributed by atoms with Gasteiger partial charge in [-0.2, -0.15) is 13.2 Å². The normalized spacial score (nSPS) is 20.0. The third-order valence-corrected chi connectivity index (χ3v) is 14.5. The lowest BCUT2D eigenvalue weighted by atomic mass is 9.71. The van der Waals surface area contributed by atoms with Gasteiger partial charge in [0.2, 0.25) is 0 Å². The molecule has 1 aromatic heterocycles. The standard InChI is InChI=1S/C36H44F5NOSi/c1-34(2,3)44(6,7)43-28-21-35(4,5)20-27-30(28)29(22-14-18-26(37)19-15-22)31(33(42-27)24-10-8-9-11-24)32(38)23-12-16-25(17-13-23)36(39,40)41/h12-19,24,28,32H,8-11,20-21H2,1-7H3. The van der Waals surface area contributed by atoms with E-state index in [0.29, 0.717) is 35.2 Å². The van der Waals surface area contributed by atoms with Gasteiger partial charge >= 0.3 is 6.18 Å². The number of rotatable bonds is 6. The zero-order valence-electron chi connectivity index (χ0n) is 26.8. The summed E-state index contributed by atoms with van der Waals surface area (Å²) in [5.41, 5.74) is 3.30. The van der Waals surface area contributed by atoms with Crippen molar-refractivity contribution in [2.24, 2.45) is 5.41 Å². The molecule has 238 valence electrons. The summed E-state index contributed by atoms with van der Waals surface area (Å²) >= 11 is 0. The molecule has 2 aliphatic carbocycles. The fourth-order valence-electron chi connectivity index (χ4n) is 6.63. The molecule has 0 N–H and O–H groups in total. The molecule has 1 saturated carbocycles. The van der Waals surface area contributed by atoms with Crippen molar-refractivity contribution < 1.29 is 26.4 Å². The predicted octanol–water partition coefficient (Wildman–Crippen LogP) is 11.7. The topological polar surface area (TPSA) is 22.1 Å². The monoisotopic (exact) mass is 629 g/mol. The van der Waals surface area contributed by atoms with E-state index in [4.69, 9.17) is 9.41 Å². The summed E-state index contributed by atoms with van der Waals surface area (Å²) in [7, 11) is -2.32. The number of hydrogen-bond acceptors (Lipinski definition) is 2. The number of nitrogens with zero attached hydrogens (tertiary/aromatic N) is 1. The molecule has 2 aromatic carbocycles. The molecule has 0 spiro atoms. The van der Waals surface area contributed by atoms with Crippen molar-refractivity contribution in [2.45, 2.75) is 116 Å². The van der Waals surface area contributed by atoms with Gasteiger partial charge in [-0.1, -0.05) is 71.7 Å². The van der Waals surface area contributed by atoms with Gasteiger partial charge < -0.3 is 4.43 Å². The molecule has 0 bridgehead atoms. The van der Waals surface area contributed by atoms with Crippen molar-refractivity contribution in [3.8, 4) is 11.1 Å². The second-order valence-corrected chi connectivity index (χ2v) is 19.8. The maximum Gasteiger partial charge on any atom is 0.416 e. The molecular formula is C36H44F5NOSi. The Labute approximate surface area is 259 Å². The largest absolute Gasteiger partial charge is 0.416 e. The molecule has 3 aromatic rings. The fraction of sp³-hybridized carbons (Fsp3) is 0.528. The van der Waals surface area contributed by atoms with Crippen LogP contribution in [-0.2, 0) is 17.0 Å². The lowest BCUT2D eigenvalue weighted by Crippen LogP contribution is -2.44. The third kappa shape index (κ3) is 6.53. The summed E-state index contributed by atoms with van der Waals surface area (Å²) in [6.07, 6.45) is -1.46. The summed E-state index contributed by atoms with van der Waals surface area (Å²) in [5.74, 6) is -0.365. The van der Waals surface area contributed by atoms with Crippen LogP contribution in [0.1, 0.15) is 119 Å². The Balaban J connectivity index is 1.81. The van der Waals surface area contributed by atoms with Crippen LogP contribution in [0.15, 0.2) is 48.5 Å². The Bertz CT molecular complexity index is 1480. The third-order valence-electron chi connectivity index (χ3n) is 9.99. The van der Waals surface area contributed by atoms with Crippen molar-refractivity contribution >= 4 is 8.32 Å². The van der Waals surface area contributed by atoms with Crippen molar-refractivity contribution in [3.05, 3.63) is 88.0 Å². The molecule has 8 heteroatoms. The number of halogens is 5. The van der Waals surface area contributed by atoms with Crippen molar-refractivity contribution in [3.63, 3.8) is 0 Å². The van der Waals surface area contributed by atoms with E-state index < -0.39 is 32.0 Å². The first-order valence-corrected chi connectivity index (χ1v) is 18.6.